The number of nitrogens with one attached hydrogen (secondary N) is 1. The first-order chi connectivity index (χ1) is 10.4. The summed E-state index contributed by atoms with van der Waals surface area (Å²) in [5.74, 6) is -1.28. The summed E-state index contributed by atoms with van der Waals surface area (Å²) in [5.41, 5.74) is 1.02. The number of hydrogen-bond acceptors (Lipinski definition) is 5. The fourth-order valence-corrected chi connectivity index (χ4v) is 1.82. The Balaban J connectivity index is 1.99. The van der Waals surface area contributed by atoms with E-state index in [0.717, 1.165) is 0 Å². The molecule has 2 rings (SSSR count). The third kappa shape index (κ3) is 3.49. The van der Waals surface area contributed by atoms with Gasteiger partial charge in [0.25, 0.3) is 5.91 Å². The number of aromatic nitrogens is 1. The van der Waals surface area contributed by atoms with Crippen molar-refractivity contribution in [2.24, 2.45) is 0 Å². The Kier molecular flexibility index (Phi) is 4.55. The molecule has 0 unspecified atom stereocenters. The van der Waals surface area contributed by atoms with Gasteiger partial charge in [0.15, 0.2) is 6.10 Å². The molecule has 0 fully saturated rings. The van der Waals surface area contributed by atoms with E-state index in [4.69, 9.17) is 9.26 Å². The highest BCUT2D eigenvalue weighted by molar-refractivity contribution is 5.97. The molecule has 0 aliphatic heterocycles. The normalized spacial score (nSPS) is 11.8. The third-order valence-corrected chi connectivity index (χ3v) is 3.00. The number of rotatable bonds is 4. The number of carbonyl (C=O) groups excluding carboxylic acids is 2. The van der Waals surface area contributed by atoms with Gasteiger partial charge in [-0.2, -0.15) is 0 Å². The molecule has 1 heterocycles. The summed E-state index contributed by atoms with van der Waals surface area (Å²) in [5, 5.41) is 6.18. The van der Waals surface area contributed by atoms with E-state index in [0.29, 0.717) is 17.1 Å². The van der Waals surface area contributed by atoms with Crippen molar-refractivity contribution in [1.82, 2.24) is 5.16 Å². The predicted octanol–water partition coefficient (Wildman–Crippen LogP) is 2.61. The van der Waals surface area contributed by atoms with E-state index in [2.05, 4.69) is 10.5 Å². The van der Waals surface area contributed by atoms with Crippen LogP contribution in [-0.4, -0.2) is 23.1 Å². The van der Waals surface area contributed by atoms with Crippen LogP contribution >= 0.6 is 0 Å². The van der Waals surface area contributed by atoms with Crippen LogP contribution in [0.2, 0.25) is 0 Å². The fraction of sp³-hybridized carbons (Fsp3) is 0.267. The molecule has 2 aromatic rings. The van der Waals surface area contributed by atoms with Gasteiger partial charge < -0.3 is 14.6 Å². The summed E-state index contributed by atoms with van der Waals surface area (Å²) in [6.45, 7) is 4.63. The molecule has 1 aromatic heterocycles. The molecule has 0 bridgehead atoms. The van der Waals surface area contributed by atoms with Gasteiger partial charge in [0, 0.05) is 5.69 Å². The second-order valence-electron chi connectivity index (χ2n) is 4.74. The average molecular weight is 306 g/mol. The Morgan fingerprint density at radius 2 is 1.91 bits per heavy atom. The molecule has 116 valence electrons. The van der Waals surface area contributed by atoms with Crippen molar-refractivity contribution >= 4 is 17.6 Å². The smallest absolute Gasteiger partial charge is 0.344 e. The molecule has 1 aromatic carbocycles. The third-order valence-electron chi connectivity index (χ3n) is 3.00. The Morgan fingerprint density at radius 3 is 2.45 bits per heavy atom. The molecule has 0 saturated heterocycles. The molecule has 0 aliphatic rings. The lowest BCUT2D eigenvalue weighted by atomic mass is 10.2. The van der Waals surface area contributed by atoms with Crippen LogP contribution in [-0.2, 0) is 9.53 Å². The minimum absolute atomic E-state index is 0.210. The highest BCUT2D eigenvalue weighted by atomic mass is 19.1. The van der Waals surface area contributed by atoms with Crippen molar-refractivity contribution < 1.29 is 23.2 Å². The van der Waals surface area contributed by atoms with Gasteiger partial charge >= 0.3 is 5.97 Å². The maximum atomic E-state index is 12.8. The second kappa shape index (κ2) is 6.38. The number of hydrogen-bond donors (Lipinski definition) is 1. The largest absolute Gasteiger partial charge is 0.449 e. The van der Waals surface area contributed by atoms with E-state index in [-0.39, 0.29) is 5.56 Å². The van der Waals surface area contributed by atoms with Crippen LogP contribution in [0.5, 0.6) is 0 Å². The van der Waals surface area contributed by atoms with E-state index in [1.165, 1.54) is 31.2 Å². The molecule has 0 saturated carbocycles. The van der Waals surface area contributed by atoms with Crippen molar-refractivity contribution in [2.75, 3.05) is 5.32 Å². The van der Waals surface area contributed by atoms with Gasteiger partial charge in [-0.3, -0.25) is 4.79 Å². The summed E-state index contributed by atoms with van der Waals surface area (Å²) < 4.78 is 22.8. The van der Waals surface area contributed by atoms with Crippen LogP contribution in [0.15, 0.2) is 28.8 Å². The van der Waals surface area contributed by atoms with Crippen molar-refractivity contribution in [3.63, 3.8) is 0 Å². The minimum atomic E-state index is -1.02. The Morgan fingerprint density at radius 1 is 1.27 bits per heavy atom. The molecule has 0 spiro atoms. The van der Waals surface area contributed by atoms with Crippen LogP contribution in [0.3, 0.4) is 0 Å². The average Bonchev–Trinajstić information content (AvgIpc) is 2.80. The number of esters is 1. The summed E-state index contributed by atoms with van der Waals surface area (Å²) in [4.78, 5) is 24.0. The molecule has 1 atom stereocenters. The number of amides is 1. The highest BCUT2D eigenvalue weighted by Crippen LogP contribution is 2.15. The number of anilines is 1. The molecule has 22 heavy (non-hydrogen) atoms. The summed E-state index contributed by atoms with van der Waals surface area (Å²) >= 11 is 0. The van der Waals surface area contributed by atoms with E-state index in [1.54, 1.807) is 13.8 Å². The Labute approximate surface area is 126 Å². The lowest BCUT2D eigenvalue weighted by Gasteiger charge is -2.13. The Bertz CT molecular complexity index is 675. The topological polar surface area (TPSA) is 81.4 Å². The first-order valence-electron chi connectivity index (χ1n) is 6.58. The lowest BCUT2D eigenvalue weighted by molar-refractivity contribution is -0.123. The molecule has 7 heteroatoms. The number of halogens is 1. The van der Waals surface area contributed by atoms with Gasteiger partial charge in [0.05, 0.1) is 5.69 Å². The zero-order valence-electron chi connectivity index (χ0n) is 12.3. The highest BCUT2D eigenvalue weighted by Gasteiger charge is 2.24. The van der Waals surface area contributed by atoms with Crippen molar-refractivity contribution in [2.45, 2.75) is 26.9 Å². The minimum Gasteiger partial charge on any atom is -0.449 e. The van der Waals surface area contributed by atoms with Gasteiger partial charge in [-0.25, -0.2) is 9.18 Å². The van der Waals surface area contributed by atoms with Gasteiger partial charge in [-0.05, 0) is 45.0 Å². The first-order valence-corrected chi connectivity index (χ1v) is 6.58. The van der Waals surface area contributed by atoms with Crippen LogP contribution in [0.1, 0.15) is 28.7 Å². The van der Waals surface area contributed by atoms with Gasteiger partial charge in [0.1, 0.15) is 17.1 Å². The monoisotopic (exact) mass is 306 g/mol. The maximum Gasteiger partial charge on any atom is 0.344 e. The molecular weight excluding hydrogens is 291 g/mol. The van der Waals surface area contributed by atoms with E-state index in [1.807, 2.05) is 0 Å². The molecule has 1 amide bonds. The maximum absolute atomic E-state index is 12.8. The molecular formula is C15H15FN2O4. The van der Waals surface area contributed by atoms with Crippen LogP contribution in [0.4, 0.5) is 10.1 Å². The molecule has 0 aliphatic carbocycles. The number of aryl methyl sites for hydroxylation is 2. The Hall–Kier alpha value is -2.70. The second-order valence-corrected chi connectivity index (χ2v) is 4.74. The number of carbonyl (C=O) groups is 2. The van der Waals surface area contributed by atoms with E-state index < -0.39 is 23.8 Å². The molecule has 6 nitrogen and oxygen atoms in total. The van der Waals surface area contributed by atoms with Crippen LogP contribution < -0.4 is 5.32 Å². The number of nitrogens with zero attached hydrogens (tertiary/aromatic N) is 1. The first kappa shape index (κ1) is 15.7. The lowest BCUT2D eigenvalue weighted by Crippen LogP contribution is -2.30. The quantitative estimate of drug-likeness (QED) is 0.878. The van der Waals surface area contributed by atoms with E-state index in [9.17, 15) is 14.0 Å². The van der Waals surface area contributed by atoms with Crippen LogP contribution in [0.25, 0.3) is 0 Å². The van der Waals surface area contributed by atoms with E-state index >= 15 is 0 Å². The number of benzene rings is 1. The summed E-state index contributed by atoms with van der Waals surface area (Å²) in [6, 6.07) is 5.26. The molecule has 0 radical (unpaired) electrons. The van der Waals surface area contributed by atoms with Crippen LogP contribution in [0, 0.1) is 19.7 Å². The number of ether oxygens (including phenoxy) is 1. The zero-order chi connectivity index (χ0) is 16.3. The van der Waals surface area contributed by atoms with Gasteiger partial charge in [-0.1, -0.05) is 5.16 Å². The van der Waals surface area contributed by atoms with Crippen molar-refractivity contribution in [3.05, 3.63) is 47.1 Å². The van der Waals surface area contributed by atoms with Crippen molar-refractivity contribution in [3.8, 4) is 0 Å². The van der Waals surface area contributed by atoms with Gasteiger partial charge in [-0.15, -0.1) is 0 Å². The zero-order valence-corrected chi connectivity index (χ0v) is 12.3. The standard InChI is InChI=1S/C15H15FN2O4/c1-8-13(9(2)22-18-8)15(20)21-10(3)14(19)17-12-6-4-11(16)5-7-12/h4-7,10H,1-3H3,(H,17,19)/t10-/m0/s1. The SMILES string of the molecule is Cc1noc(C)c1C(=O)O[C@@H](C)C(=O)Nc1ccc(F)cc1. The molecule has 1 N–H and O–H groups in total. The fourth-order valence-electron chi connectivity index (χ4n) is 1.82. The van der Waals surface area contributed by atoms with Gasteiger partial charge in [0.2, 0.25) is 0 Å². The van der Waals surface area contributed by atoms with Crippen molar-refractivity contribution in [1.29, 1.82) is 0 Å². The summed E-state index contributed by atoms with van der Waals surface area (Å²) in [6.07, 6.45) is -1.02. The predicted molar refractivity (Wildman–Crippen MR) is 75.9 cm³/mol. The summed E-state index contributed by atoms with van der Waals surface area (Å²) in [7, 11) is 0.